The minimum atomic E-state index is -3.17. The lowest BCUT2D eigenvalue weighted by Crippen LogP contribution is -2.50. The van der Waals surface area contributed by atoms with Crippen LogP contribution in [0.4, 0.5) is 8.78 Å². The van der Waals surface area contributed by atoms with E-state index in [0.29, 0.717) is 68.9 Å². The molecule has 4 heterocycles. The number of carbonyl (C=O) groups excluding carboxylic acids is 3. The number of pyridine rings is 1. The van der Waals surface area contributed by atoms with Gasteiger partial charge >= 0.3 is 17.9 Å². The number of aliphatic carboxylic acids is 3. The van der Waals surface area contributed by atoms with Gasteiger partial charge in [0.2, 0.25) is 11.8 Å². The molecular weight excluding hydrogens is 804 g/mol. The lowest BCUT2D eigenvalue weighted by Gasteiger charge is -2.35. The molecule has 0 bridgehead atoms. The molecule has 0 aliphatic carbocycles. The maximum atomic E-state index is 13.8. The summed E-state index contributed by atoms with van der Waals surface area (Å²) in [6.07, 6.45) is 2.88. The van der Waals surface area contributed by atoms with E-state index in [1.54, 1.807) is 43.9 Å². The molecule has 3 fully saturated rings. The summed E-state index contributed by atoms with van der Waals surface area (Å²) in [5.74, 6) is -6.97. The van der Waals surface area contributed by atoms with Crippen molar-refractivity contribution in [2.45, 2.75) is 37.6 Å². The molecule has 3 amide bonds. The lowest BCUT2D eigenvalue weighted by atomic mass is 9.94. The maximum Gasteiger partial charge on any atom is 0.317 e. The molecule has 19 nitrogen and oxygen atoms in total. The van der Waals surface area contributed by atoms with Crippen molar-refractivity contribution in [2.75, 3.05) is 111 Å². The topological polar surface area (TPSA) is 240 Å². The predicted octanol–water partition coefficient (Wildman–Crippen LogP) is 0.207. The van der Waals surface area contributed by atoms with Gasteiger partial charge in [0.15, 0.2) is 0 Å². The fraction of sp³-hybridized carbons (Fsp3) is 0.600. The Bertz CT molecular complexity index is 1910. The minimum absolute atomic E-state index is 0.0763. The van der Waals surface area contributed by atoms with E-state index in [-0.39, 0.29) is 69.7 Å². The van der Waals surface area contributed by atoms with Crippen LogP contribution in [0.5, 0.6) is 5.75 Å². The van der Waals surface area contributed by atoms with E-state index in [0.717, 1.165) is 17.7 Å². The van der Waals surface area contributed by atoms with Crippen LogP contribution in [0.1, 0.15) is 36.0 Å². The number of likely N-dealkylation sites (tertiary alicyclic amines) is 2. The van der Waals surface area contributed by atoms with Crippen molar-refractivity contribution in [1.82, 2.24) is 39.7 Å². The zero-order valence-corrected chi connectivity index (χ0v) is 33.9. The van der Waals surface area contributed by atoms with Gasteiger partial charge in [0.25, 0.3) is 11.8 Å². The number of carboxylic acid groups (broad SMARTS) is 3. The van der Waals surface area contributed by atoms with E-state index in [1.807, 2.05) is 4.90 Å². The van der Waals surface area contributed by atoms with Crippen LogP contribution in [0.15, 0.2) is 30.5 Å². The van der Waals surface area contributed by atoms with Crippen molar-refractivity contribution >= 4 is 46.5 Å². The Morgan fingerprint density at radius 3 is 1.85 bits per heavy atom. The van der Waals surface area contributed by atoms with Gasteiger partial charge in [0, 0.05) is 83.5 Å². The molecule has 21 heteroatoms. The van der Waals surface area contributed by atoms with Gasteiger partial charge in [-0.1, -0.05) is 0 Å². The number of fused-ring (bicyclic) bond motifs is 1. The molecule has 61 heavy (non-hydrogen) atoms. The summed E-state index contributed by atoms with van der Waals surface area (Å²) < 4.78 is 33.7. The van der Waals surface area contributed by atoms with Crippen LogP contribution in [0.25, 0.3) is 10.9 Å². The molecule has 1 atom stereocenters. The van der Waals surface area contributed by atoms with Crippen molar-refractivity contribution in [2.24, 2.45) is 5.92 Å². The van der Waals surface area contributed by atoms with Gasteiger partial charge in [-0.25, -0.2) is 8.78 Å². The monoisotopic (exact) mass is 857 g/mol. The number of ether oxygens (including phenoxy) is 1. The molecule has 0 spiro atoms. The molecule has 0 unspecified atom stereocenters. The molecule has 2 aromatic rings. The van der Waals surface area contributed by atoms with Gasteiger partial charge in [-0.05, 0) is 49.4 Å². The summed E-state index contributed by atoms with van der Waals surface area (Å²) >= 11 is 0. The average Bonchev–Trinajstić information content (AvgIpc) is 3.54. The van der Waals surface area contributed by atoms with Gasteiger partial charge < -0.3 is 35.2 Å². The third kappa shape index (κ3) is 14.3. The molecule has 3 saturated heterocycles. The van der Waals surface area contributed by atoms with Gasteiger partial charge in [-0.3, -0.25) is 53.4 Å². The number of nitrogens with zero attached hydrogens (tertiary/aromatic N) is 8. The average molecular weight is 858 g/mol. The summed E-state index contributed by atoms with van der Waals surface area (Å²) in [5, 5.41) is 40.5. The van der Waals surface area contributed by atoms with Crippen molar-refractivity contribution < 1.29 is 57.6 Å². The molecule has 5 rings (SSSR count). The summed E-state index contributed by atoms with van der Waals surface area (Å²) in [6.45, 7) is 1.81. The number of alkyl halides is 2. The van der Waals surface area contributed by atoms with E-state index >= 15 is 0 Å². The maximum absolute atomic E-state index is 13.8. The van der Waals surface area contributed by atoms with E-state index in [4.69, 9.17) is 4.74 Å². The Kier molecular flexibility index (Phi) is 16.6. The zero-order chi connectivity index (χ0) is 44.1. The van der Waals surface area contributed by atoms with Crippen LogP contribution in [0.3, 0.4) is 0 Å². The Balaban J connectivity index is 1.10. The number of piperidine rings is 1. The lowest BCUT2D eigenvalue weighted by molar-refractivity contribution is -0.141. The highest BCUT2D eigenvalue weighted by molar-refractivity contribution is 6.07. The number of carboxylic acids is 3. The number of amides is 3. The highest BCUT2D eigenvalue weighted by Gasteiger charge is 2.47. The van der Waals surface area contributed by atoms with E-state index in [9.17, 15) is 58.1 Å². The molecule has 1 aromatic heterocycles. The van der Waals surface area contributed by atoms with Crippen LogP contribution in [-0.4, -0.2) is 209 Å². The number of aromatic nitrogens is 1. The molecule has 4 N–H and O–H groups in total. The third-order valence-corrected chi connectivity index (χ3v) is 11.2. The largest absolute Gasteiger partial charge is 0.494 e. The van der Waals surface area contributed by atoms with Crippen LogP contribution < -0.4 is 10.1 Å². The Morgan fingerprint density at radius 2 is 1.33 bits per heavy atom. The number of rotatable bonds is 15. The Labute approximate surface area is 351 Å². The van der Waals surface area contributed by atoms with Crippen LogP contribution in [0.2, 0.25) is 0 Å². The summed E-state index contributed by atoms with van der Waals surface area (Å²) in [6, 6.07) is 7.01. The molecule has 1 aromatic carbocycles. The van der Waals surface area contributed by atoms with Gasteiger partial charge in [0.05, 0.1) is 63.0 Å². The second-order valence-electron chi connectivity index (χ2n) is 15.7. The number of nitrogens with one attached hydrogen (secondary N) is 1. The first-order valence-corrected chi connectivity index (χ1v) is 20.3. The molecule has 0 radical (unpaired) electrons. The van der Waals surface area contributed by atoms with Crippen molar-refractivity contribution in [3.8, 4) is 11.8 Å². The van der Waals surface area contributed by atoms with Crippen LogP contribution >= 0.6 is 0 Å². The number of hydrogen-bond acceptors (Lipinski definition) is 13. The first kappa shape index (κ1) is 46.5. The number of carbonyl (C=O) groups is 6. The second kappa shape index (κ2) is 21.8. The quantitative estimate of drug-likeness (QED) is 0.187. The number of benzene rings is 1. The summed E-state index contributed by atoms with van der Waals surface area (Å²) in [7, 11) is 0. The number of nitriles is 1. The second-order valence-corrected chi connectivity index (χ2v) is 15.7. The predicted molar refractivity (Wildman–Crippen MR) is 213 cm³/mol. The molecule has 0 saturated carbocycles. The van der Waals surface area contributed by atoms with Gasteiger partial charge in [-0.15, -0.1) is 0 Å². The SMILES string of the molecule is N#C[C@@H]1CC(F)(F)CN1C(=O)CNC(=O)c1ccnc2ccc(OCCC3CCN(C(=O)CN4CCN(CC(=O)O)CCN(CC(=O)O)CCN(CC(=O)O)CC4)CC3)cc12. The standard InChI is InChI=1S/C40H53F2N9O10/c41-40(42)20-29(21-43)51(27-40)34(52)22-45-39(60)31-3-7-44-33-2-1-30(19-32(31)33)61-18-6-28-4-8-50(9-5-28)35(53)23-46-10-12-47(24-36(54)55)14-16-49(26-38(58)59)17-15-48(13-11-46)25-37(56)57/h1-3,7,19,28-29H,4-6,8-18,20,22-27H2,(H,45,60)(H,54,55)(H,56,57)(H,58,59)/t29-/m0/s1. The fourth-order valence-electron chi connectivity index (χ4n) is 7.85. The smallest absolute Gasteiger partial charge is 0.317 e. The van der Waals surface area contributed by atoms with Crippen molar-refractivity contribution in [3.05, 3.63) is 36.0 Å². The van der Waals surface area contributed by atoms with E-state index < -0.39 is 61.2 Å². The fourth-order valence-corrected chi connectivity index (χ4v) is 7.85. The third-order valence-electron chi connectivity index (χ3n) is 11.2. The highest BCUT2D eigenvalue weighted by Crippen LogP contribution is 2.32. The zero-order valence-electron chi connectivity index (χ0n) is 33.9. The number of hydrogen-bond donors (Lipinski definition) is 4. The van der Waals surface area contributed by atoms with Gasteiger partial charge in [-0.2, -0.15) is 5.26 Å². The first-order chi connectivity index (χ1) is 29.1. The molecule has 332 valence electrons. The van der Waals surface area contributed by atoms with Gasteiger partial charge in [0.1, 0.15) is 11.8 Å². The molecular formula is C40H53F2N9O10. The van der Waals surface area contributed by atoms with E-state index in [1.165, 1.54) is 12.3 Å². The Hall–Kier alpha value is -5.56. The molecule has 3 aliphatic rings. The summed E-state index contributed by atoms with van der Waals surface area (Å²) in [4.78, 5) is 87.9. The highest BCUT2D eigenvalue weighted by atomic mass is 19.3. The van der Waals surface area contributed by atoms with Crippen molar-refractivity contribution in [1.29, 1.82) is 5.26 Å². The molecule has 3 aliphatic heterocycles. The van der Waals surface area contributed by atoms with Crippen LogP contribution in [0, 0.1) is 17.2 Å². The van der Waals surface area contributed by atoms with Crippen molar-refractivity contribution in [3.63, 3.8) is 0 Å². The number of halogens is 2. The first-order valence-electron chi connectivity index (χ1n) is 20.3. The van der Waals surface area contributed by atoms with E-state index in [2.05, 4.69) is 10.3 Å². The summed E-state index contributed by atoms with van der Waals surface area (Å²) in [5.41, 5.74) is 0.704. The van der Waals surface area contributed by atoms with Crippen LogP contribution in [-0.2, 0) is 24.0 Å². The Morgan fingerprint density at radius 1 is 0.787 bits per heavy atom. The minimum Gasteiger partial charge on any atom is -0.494 e. The normalized spacial score (nSPS) is 20.3.